The van der Waals surface area contributed by atoms with Gasteiger partial charge in [0.05, 0.1) is 5.69 Å². The summed E-state index contributed by atoms with van der Waals surface area (Å²) in [5.74, 6) is -0.470. The molecule has 0 atom stereocenters. The van der Waals surface area contributed by atoms with Gasteiger partial charge >= 0.3 is 0 Å². The fourth-order valence-corrected chi connectivity index (χ4v) is 2.55. The number of benzene rings is 2. The summed E-state index contributed by atoms with van der Waals surface area (Å²) in [5.41, 5.74) is 1.27. The lowest BCUT2D eigenvalue weighted by atomic mass is 10.0. The van der Waals surface area contributed by atoms with Crippen LogP contribution in [0.25, 0.3) is 0 Å². The summed E-state index contributed by atoms with van der Waals surface area (Å²) in [6.45, 7) is -0.0845. The highest BCUT2D eigenvalue weighted by atomic mass is 79.9. The highest BCUT2D eigenvalue weighted by Gasteiger charge is 2.21. The number of hydrogen-bond acceptors (Lipinski definition) is 3. The third-order valence-corrected chi connectivity index (χ3v) is 3.71. The number of anilines is 1. The van der Waals surface area contributed by atoms with Gasteiger partial charge in [-0.2, -0.15) is 0 Å². The van der Waals surface area contributed by atoms with Crippen molar-refractivity contribution in [3.63, 3.8) is 0 Å². The fourth-order valence-electron chi connectivity index (χ4n) is 2.03. The monoisotopic (exact) mass is 349 g/mol. The van der Waals surface area contributed by atoms with Crippen LogP contribution in [0.2, 0.25) is 0 Å². The molecule has 1 N–H and O–H groups in total. The van der Waals surface area contributed by atoms with Crippen LogP contribution in [0.4, 0.5) is 10.1 Å². The van der Waals surface area contributed by atoms with Crippen LogP contribution < -0.4 is 10.1 Å². The first-order valence-electron chi connectivity index (χ1n) is 6.11. The normalized spacial score (nSPS) is 13.1. The molecule has 1 aliphatic heterocycles. The molecule has 0 aromatic heterocycles. The van der Waals surface area contributed by atoms with E-state index in [1.807, 2.05) is 0 Å². The van der Waals surface area contributed by atoms with Crippen molar-refractivity contribution in [1.82, 2.24) is 0 Å². The van der Waals surface area contributed by atoms with Crippen molar-refractivity contribution < 1.29 is 18.7 Å². The fraction of sp³-hybridized carbons (Fsp3) is 0.0667. The van der Waals surface area contributed by atoms with Crippen LogP contribution in [0.15, 0.2) is 40.9 Å². The number of ketones is 1. The van der Waals surface area contributed by atoms with Gasteiger partial charge in [0.25, 0.3) is 5.91 Å². The molecule has 2 aromatic carbocycles. The van der Waals surface area contributed by atoms with Crippen molar-refractivity contribution in [3.05, 3.63) is 57.8 Å². The maximum absolute atomic E-state index is 12.9. The first-order chi connectivity index (χ1) is 10.0. The second-order valence-electron chi connectivity index (χ2n) is 4.50. The van der Waals surface area contributed by atoms with Crippen LogP contribution in [0, 0.1) is 5.82 Å². The Morgan fingerprint density at radius 1 is 1.24 bits per heavy atom. The van der Waals surface area contributed by atoms with E-state index in [4.69, 9.17) is 4.74 Å². The molecule has 0 fully saturated rings. The van der Waals surface area contributed by atoms with Crippen molar-refractivity contribution >= 4 is 33.3 Å². The van der Waals surface area contributed by atoms with Crippen LogP contribution in [0.1, 0.15) is 15.9 Å². The third kappa shape index (κ3) is 2.67. The molecule has 1 heterocycles. The van der Waals surface area contributed by atoms with Crippen LogP contribution in [0.3, 0.4) is 0 Å². The van der Waals surface area contributed by atoms with Crippen LogP contribution in [0.5, 0.6) is 5.75 Å². The van der Waals surface area contributed by atoms with E-state index in [0.29, 0.717) is 27.0 Å². The molecule has 0 unspecified atom stereocenters. The lowest BCUT2D eigenvalue weighted by Crippen LogP contribution is -2.25. The Bertz CT molecular complexity index is 743. The molecule has 21 heavy (non-hydrogen) atoms. The molecule has 0 saturated heterocycles. The Balaban J connectivity index is 2.01. The minimum atomic E-state index is -0.401. The van der Waals surface area contributed by atoms with Gasteiger partial charge in [-0.1, -0.05) is 0 Å². The summed E-state index contributed by atoms with van der Waals surface area (Å²) in [4.78, 5) is 23.7. The Morgan fingerprint density at radius 3 is 2.67 bits per heavy atom. The standard InChI is InChI=1S/C15H9BrFNO3/c16-11-6-12-13(21-7-14(19)18-12)5-10(11)15(20)8-1-3-9(17)4-2-8/h1-6H,7H2,(H,18,19). The van der Waals surface area contributed by atoms with Crippen molar-refractivity contribution in [2.24, 2.45) is 0 Å². The van der Waals surface area contributed by atoms with E-state index < -0.39 is 5.82 Å². The largest absolute Gasteiger partial charge is 0.482 e. The van der Waals surface area contributed by atoms with Gasteiger partial charge in [-0.05, 0) is 52.3 Å². The topological polar surface area (TPSA) is 55.4 Å². The van der Waals surface area contributed by atoms with Crippen LogP contribution in [-0.2, 0) is 4.79 Å². The number of halogens is 2. The second-order valence-corrected chi connectivity index (χ2v) is 5.36. The Morgan fingerprint density at radius 2 is 1.95 bits per heavy atom. The molecule has 0 spiro atoms. The van der Waals surface area contributed by atoms with E-state index >= 15 is 0 Å². The summed E-state index contributed by atoms with van der Waals surface area (Å²) in [6, 6.07) is 8.48. The lowest BCUT2D eigenvalue weighted by Gasteiger charge is -2.19. The quantitative estimate of drug-likeness (QED) is 0.847. The molecular weight excluding hydrogens is 341 g/mol. The molecule has 0 aliphatic carbocycles. The molecule has 106 valence electrons. The van der Waals surface area contributed by atoms with Crippen molar-refractivity contribution in [2.75, 3.05) is 11.9 Å². The van der Waals surface area contributed by atoms with Gasteiger partial charge in [0.2, 0.25) is 0 Å². The molecule has 4 nitrogen and oxygen atoms in total. The summed E-state index contributed by atoms with van der Waals surface area (Å²) < 4.78 is 18.7. The van der Waals surface area contributed by atoms with Gasteiger partial charge in [-0.15, -0.1) is 0 Å². The number of hydrogen-bond donors (Lipinski definition) is 1. The van der Waals surface area contributed by atoms with Crippen molar-refractivity contribution in [1.29, 1.82) is 0 Å². The average Bonchev–Trinajstić information content (AvgIpc) is 2.46. The highest BCUT2D eigenvalue weighted by molar-refractivity contribution is 9.10. The average molecular weight is 350 g/mol. The molecule has 0 saturated carbocycles. The molecular formula is C15H9BrFNO3. The van der Waals surface area contributed by atoms with Gasteiger partial charge in [-0.25, -0.2) is 4.39 Å². The first-order valence-corrected chi connectivity index (χ1v) is 6.90. The van der Waals surface area contributed by atoms with Gasteiger partial charge in [0, 0.05) is 15.6 Å². The maximum Gasteiger partial charge on any atom is 0.262 e. The molecule has 3 rings (SSSR count). The maximum atomic E-state index is 12.9. The number of carbonyl (C=O) groups is 2. The van der Waals surface area contributed by atoms with E-state index in [1.165, 1.54) is 24.3 Å². The van der Waals surface area contributed by atoms with Crippen LogP contribution >= 0.6 is 15.9 Å². The van der Waals surface area contributed by atoms with Gasteiger partial charge in [0.15, 0.2) is 12.4 Å². The van der Waals surface area contributed by atoms with E-state index in [1.54, 1.807) is 12.1 Å². The molecule has 0 bridgehead atoms. The zero-order valence-corrected chi connectivity index (χ0v) is 12.2. The molecule has 0 radical (unpaired) electrons. The predicted octanol–water partition coefficient (Wildman–Crippen LogP) is 3.15. The van der Waals surface area contributed by atoms with Gasteiger partial charge in [0.1, 0.15) is 11.6 Å². The molecule has 1 aliphatic rings. The minimum Gasteiger partial charge on any atom is -0.482 e. The van der Waals surface area contributed by atoms with Crippen LogP contribution in [-0.4, -0.2) is 18.3 Å². The Labute approximate surface area is 128 Å². The third-order valence-electron chi connectivity index (χ3n) is 3.05. The number of fused-ring (bicyclic) bond motifs is 1. The zero-order chi connectivity index (χ0) is 15.0. The second kappa shape index (κ2) is 5.29. The SMILES string of the molecule is O=C1COc2cc(C(=O)c3ccc(F)cc3)c(Br)cc2N1. The number of rotatable bonds is 2. The number of ether oxygens (including phenoxy) is 1. The van der Waals surface area contributed by atoms with E-state index in [0.717, 1.165) is 0 Å². The number of nitrogens with one attached hydrogen (secondary N) is 1. The smallest absolute Gasteiger partial charge is 0.262 e. The summed E-state index contributed by atoms with van der Waals surface area (Å²) in [6.07, 6.45) is 0. The summed E-state index contributed by atoms with van der Waals surface area (Å²) in [7, 11) is 0. The minimum absolute atomic E-state index is 0.0845. The van der Waals surface area contributed by atoms with Crippen molar-refractivity contribution in [2.45, 2.75) is 0 Å². The first kappa shape index (κ1) is 13.8. The molecule has 2 aromatic rings. The Hall–Kier alpha value is -2.21. The van der Waals surface area contributed by atoms with Gasteiger partial charge in [-0.3, -0.25) is 9.59 Å². The Kier molecular flexibility index (Phi) is 3.47. The molecule has 1 amide bonds. The van der Waals surface area contributed by atoms with E-state index in [-0.39, 0.29) is 18.3 Å². The summed E-state index contributed by atoms with van der Waals surface area (Å²) >= 11 is 3.31. The number of amides is 1. The van der Waals surface area contributed by atoms with Crippen molar-refractivity contribution in [3.8, 4) is 5.75 Å². The highest BCUT2D eigenvalue weighted by Crippen LogP contribution is 2.34. The number of carbonyl (C=O) groups excluding carboxylic acids is 2. The van der Waals surface area contributed by atoms with E-state index in [9.17, 15) is 14.0 Å². The predicted molar refractivity (Wildman–Crippen MR) is 78.1 cm³/mol. The van der Waals surface area contributed by atoms with Gasteiger partial charge < -0.3 is 10.1 Å². The van der Waals surface area contributed by atoms with E-state index in [2.05, 4.69) is 21.2 Å². The summed E-state index contributed by atoms with van der Waals surface area (Å²) in [5, 5.41) is 2.66. The lowest BCUT2D eigenvalue weighted by molar-refractivity contribution is -0.118. The molecule has 6 heteroatoms. The zero-order valence-electron chi connectivity index (χ0n) is 10.7.